The fourth-order valence-electron chi connectivity index (χ4n) is 4.43. The lowest BCUT2D eigenvalue weighted by Crippen LogP contribution is -2.13. The molecule has 6 nitrogen and oxygen atoms in total. The van der Waals surface area contributed by atoms with Gasteiger partial charge >= 0.3 is 5.97 Å². The van der Waals surface area contributed by atoms with E-state index < -0.39 is 27.5 Å². The molecular formula is C32H26FNO5S. The number of carbonyl (C=O) groups excluding carboxylic acids is 1. The molecule has 0 spiro atoms. The van der Waals surface area contributed by atoms with Crippen LogP contribution < -0.4 is 0 Å². The van der Waals surface area contributed by atoms with Gasteiger partial charge in [0.2, 0.25) is 0 Å². The zero-order chi connectivity index (χ0) is 28.3. The first-order chi connectivity index (χ1) is 19.2. The van der Waals surface area contributed by atoms with Crippen molar-refractivity contribution in [2.45, 2.75) is 24.3 Å². The van der Waals surface area contributed by atoms with Crippen LogP contribution in [0.4, 0.5) is 4.39 Å². The minimum Gasteiger partial charge on any atom is -0.457 e. The van der Waals surface area contributed by atoms with E-state index >= 15 is 0 Å². The van der Waals surface area contributed by atoms with Crippen molar-refractivity contribution in [1.29, 1.82) is 0 Å². The molecule has 1 unspecified atom stereocenters. The van der Waals surface area contributed by atoms with Crippen molar-refractivity contribution < 1.29 is 26.9 Å². The monoisotopic (exact) mass is 555 g/mol. The Bertz CT molecular complexity index is 1750. The molecule has 1 aromatic heterocycles. The van der Waals surface area contributed by atoms with E-state index in [1.54, 1.807) is 31.2 Å². The van der Waals surface area contributed by atoms with Gasteiger partial charge in [-0.2, -0.15) is 0 Å². The Balaban J connectivity index is 1.39. The first kappa shape index (κ1) is 27.0. The Hall–Kier alpha value is -4.56. The highest BCUT2D eigenvalue weighted by Crippen LogP contribution is 2.36. The third-order valence-corrected chi connectivity index (χ3v) is 7.79. The molecule has 5 aromatic rings. The number of benzene rings is 4. The minimum atomic E-state index is -3.38. The number of halogens is 1. The van der Waals surface area contributed by atoms with Crippen molar-refractivity contribution >= 4 is 15.8 Å². The summed E-state index contributed by atoms with van der Waals surface area (Å²) in [6.07, 6.45) is 1.14. The molecule has 0 aliphatic carbocycles. The van der Waals surface area contributed by atoms with Crippen molar-refractivity contribution in [2.24, 2.45) is 0 Å². The van der Waals surface area contributed by atoms with Crippen LogP contribution >= 0.6 is 0 Å². The SMILES string of the molecule is CC(C(=O)OCc1onc(-c2ccccc2)c1-c1ccc(S(C)(=O)=O)cc1)c1ccc(-c2ccccc2)c(F)c1. The standard InChI is InChI=1S/C32H26FNO5S/c1-21(25-15-18-27(28(33)19-25)22-9-5-3-6-10-22)32(35)38-20-29-30(23-13-16-26(17-14-23)40(2,36)37)31(34-39-29)24-11-7-4-8-12-24/h3-19,21H,20H2,1-2H3. The first-order valence-corrected chi connectivity index (χ1v) is 14.5. The van der Waals surface area contributed by atoms with Crippen molar-refractivity contribution in [3.8, 4) is 33.5 Å². The van der Waals surface area contributed by atoms with Gasteiger partial charge in [-0.05, 0) is 41.8 Å². The topological polar surface area (TPSA) is 86.5 Å². The van der Waals surface area contributed by atoms with E-state index in [9.17, 15) is 17.6 Å². The van der Waals surface area contributed by atoms with Crippen LogP contribution in [0.3, 0.4) is 0 Å². The van der Waals surface area contributed by atoms with Gasteiger partial charge in [-0.15, -0.1) is 0 Å². The Kier molecular flexibility index (Phi) is 7.62. The molecule has 0 aliphatic heterocycles. The molecule has 40 heavy (non-hydrogen) atoms. The van der Waals surface area contributed by atoms with E-state index in [1.165, 1.54) is 18.2 Å². The van der Waals surface area contributed by atoms with E-state index in [1.807, 2.05) is 60.7 Å². The van der Waals surface area contributed by atoms with Crippen LogP contribution in [0.15, 0.2) is 113 Å². The number of sulfone groups is 1. The summed E-state index contributed by atoms with van der Waals surface area (Å²) in [7, 11) is -3.38. The molecule has 0 saturated carbocycles. The highest BCUT2D eigenvalue weighted by molar-refractivity contribution is 7.90. The molecule has 4 aromatic carbocycles. The molecular weight excluding hydrogens is 529 g/mol. The van der Waals surface area contributed by atoms with Crippen molar-refractivity contribution in [1.82, 2.24) is 5.16 Å². The number of nitrogens with zero attached hydrogens (tertiary/aromatic N) is 1. The van der Waals surface area contributed by atoms with Gasteiger partial charge < -0.3 is 9.26 Å². The fraction of sp³-hybridized carbons (Fsp3) is 0.125. The minimum absolute atomic E-state index is 0.182. The van der Waals surface area contributed by atoms with Crippen LogP contribution in [0.25, 0.3) is 33.5 Å². The number of carbonyl (C=O) groups is 1. The maximum atomic E-state index is 14.9. The molecule has 8 heteroatoms. The highest BCUT2D eigenvalue weighted by atomic mass is 32.2. The second-order valence-electron chi connectivity index (χ2n) is 9.43. The highest BCUT2D eigenvalue weighted by Gasteiger charge is 2.24. The number of hydrogen-bond acceptors (Lipinski definition) is 6. The van der Waals surface area contributed by atoms with Crippen LogP contribution in [0.1, 0.15) is 24.2 Å². The number of aromatic nitrogens is 1. The Morgan fingerprint density at radius 2 is 1.50 bits per heavy atom. The second-order valence-corrected chi connectivity index (χ2v) is 11.4. The third-order valence-electron chi connectivity index (χ3n) is 6.66. The smallest absolute Gasteiger partial charge is 0.313 e. The molecule has 1 heterocycles. The molecule has 0 amide bonds. The molecule has 0 N–H and O–H groups in total. The van der Waals surface area contributed by atoms with E-state index in [0.29, 0.717) is 33.7 Å². The van der Waals surface area contributed by atoms with Crippen molar-refractivity contribution in [2.75, 3.05) is 6.26 Å². The Morgan fingerprint density at radius 1 is 0.875 bits per heavy atom. The van der Waals surface area contributed by atoms with Crippen molar-refractivity contribution in [3.63, 3.8) is 0 Å². The lowest BCUT2D eigenvalue weighted by Gasteiger charge is -2.13. The van der Waals surface area contributed by atoms with Gasteiger partial charge in [0, 0.05) is 17.4 Å². The Morgan fingerprint density at radius 3 is 2.10 bits per heavy atom. The molecule has 0 bridgehead atoms. The summed E-state index contributed by atoms with van der Waals surface area (Å²) >= 11 is 0. The summed E-state index contributed by atoms with van der Waals surface area (Å²) in [5, 5.41) is 4.23. The Labute approximate surface area is 232 Å². The maximum Gasteiger partial charge on any atom is 0.313 e. The van der Waals surface area contributed by atoms with Crippen LogP contribution in [0, 0.1) is 5.82 Å². The summed E-state index contributed by atoms with van der Waals surface area (Å²) < 4.78 is 50.0. The van der Waals surface area contributed by atoms with Crippen molar-refractivity contribution in [3.05, 3.63) is 120 Å². The molecule has 5 rings (SSSR count). The number of hydrogen-bond donors (Lipinski definition) is 0. The zero-order valence-electron chi connectivity index (χ0n) is 21.9. The summed E-state index contributed by atoms with van der Waals surface area (Å²) in [6.45, 7) is 1.44. The maximum absolute atomic E-state index is 14.9. The second kappa shape index (κ2) is 11.3. The quantitative estimate of drug-likeness (QED) is 0.191. The molecule has 0 fully saturated rings. The zero-order valence-corrected chi connectivity index (χ0v) is 22.7. The van der Waals surface area contributed by atoms with E-state index in [0.717, 1.165) is 17.4 Å². The normalized spacial score (nSPS) is 12.2. The molecule has 0 saturated heterocycles. The van der Waals surface area contributed by atoms with Crippen LogP contribution in [-0.2, 0) is 26.0 Å². The van der Waals surface area contributed by atoms with E-state index in [4.69, 9.17) is 9.26 Å². The van der Waals surface area contributed by atoms with Gasteiger partial charge in [0.25, 0.3) is 0 Å². The predicted octanol–water partition coefficient (Wildman–Crippen LogP) is 7.07. The van der Waals surface area contributed by atoms with Crippen LogP contribution in [-0.4, -0.2) is 25.8 Å². The van der Waals surface area contributed by atoms with Gasteiger partial charge in [0.05, 0.1) is 16.4 Å². The predicted molar refractivity (Wildman–Crippen MR) is 151 cm³/mol. The van der Waals surface area contributed by atoms with Crippen LogP contribution in [0.2, 0.25) is 0 Å². The average molecular weight is 556 g/mol. The number of rotatable bonds is 8. The largest absolute Gasteiger partial charge is 0.457 e. The van der Waals surface area contributed by atoms with E-state index in [2.05, 4.69) is 5.16 Å². The summed E-state index contributed by atoms with van der Waals surface area (Å²) in [5.41, 5.74) is 4.25. The van der Waals surface area contributed by atoms with Gasteiger partial charge in [-0.1, -0.05) is 90.1 Å². The summed E-state index contributed by atoms with van der Waals surface area (Å²) in [5.74, 6) is -1.40. The molecule has 202 valence electrons. The number of esters is 1. The molecule has 0 aliphatic rings. The number of ether oxygens (including phenoxy) is 1. The van der Waals surface area contributed by atoms with Gasteiger partial charge in [-0.25, -0.2) is 12.8 Å². The molecule has 1 atom stereocenters. The van der Waals surface area contributed by atoms with Gasteiger partial charge in [0.1, 0.15) is 11.5 Å². The lowest BCUT2D eigenvalue weighted by molar-refractivity contribution is -0.147. The lowest BCUT2D eigenvalue weighted by atomic mass is 9.97. The average Bonchev–Trinajstić information content (AvgIpc) is 3.40. The summed E-state index contributed by atoms with van der Waals surface area (Å²) in [6, 6.07) is 29.6. The van der Waals surface area contributed by atoms with E-state index in [-0.39, 0.29) is 11.5 Å². The third kappa shape index (κ3) is 5.72. The fourth-order valence-corrected chi connectivity index (χ4v) is 5.06. The van der Waals surface area contributed by atoms with Gasteiger partial charge in [-0.3, -0.25) is 4.79 Å². The van der Waals surface area contributed by atoms with Crippen LogP contribution in [0.5, 0.6) is 0 Å². The van der Waals surface area contributed by atoms with Gasteiger partial charge in [0.15, 0.2) is 22.2 Å². The first-order valence-electron chi connectivity index (χ1n) is 12.6. The summed E-state index contributed by atoms with van der Waals surface area (Å²) in [4.78, 5) is 13.2. The molecule has 0 radical (unpaired) electrons.